The van der Waals surface area contributed by atoms with Crippen molar-refractivity contribution in [3.63, 3.8) is 0 Å². The molecule has 5 rings (SSSR count). The third-order valence-electron chi connectivity index (χ3n) is 6.66. The van der Waals surface area contributed by atoms with Gasteiger partial charge in [0.15, 0.2) is 11.5 Å². The molecule has 0 saturated carbocycles. The molecular formula is C30H32FN3O2. The predicted molar refractivity (Wildman–Crippen MR) is 139 cm³/mol. The van der Waals surface area contributed by atoms with E-state index in [1.54, 1.807) is 6.07 Å². The summed E-state index contributed by atoms with van der Waals surface area (Å²) in [5.74, 6) is 2.22. The van der Waals surface area contributed by atoms with Crippen molar-refractivity contribution in [2.24, 2.45) is 0 Å². The van der Waals surface area contributed by atoms with Gasteiger partial charge in [-0.2, -0.15) is 0 Å². The highest BCUT2D eigenvalue weighted by Gasteiger charge is 2.19. The largest absolute Gasteiger partial charge is 0.454 e. The minimum atomic E-state index is -0.201. The van der Waals surface area contributed by atoms with Crippen LogP contribution < -0.4 is 9.47 Å². The maximum atomic E-state index is 14.4. The van der Waals surface area contributed by atoms with Gasteiger partial charge >= 0.3 is 0 Å². The zero-order valence-corrected chi connectivity index (χ0v) is 20.9. The number of halogens is 1. The molecule has 0 spiro atoms. The molecule has 0 atom stereocenters. The average molecular weight is 486 g/mol. The van der Waals surface area contributed by atoms with Gasteiger partial charge in [0, 0.05) is 31.7 Å². The minimum absolute atomic E-state index is 0.201. The topological polar surface area (TPSA) is 39.5 Å². The van der Waals surface area contributed by atoms with Crippen LogP contribution in [0.25, 0.3) is 11.4 Å². The number of fused-ring (bicyclic) bond motifs is 1. The Morgan fingerprint density at radius 1 is 0.917 bits per heavy atom. The van der Waals surface area contributed by atoms with Crippen LogP contribution in [-0.2, 0) is 26.2 Å². The second-order valence-electron chi connectivity index (χ2n) is 9.31. The Kier molecular flexibility index (Phi) is 7.33. The van der Waals surface area contributed by atoms with Gasteiger partial charge in [0.25, 0.3) is 0 Å². The Morgan fingerprint density at radius 2 is 1.72 bits per heavy atom. The van der Waals surface area contributed by atoms with E-state index in [-0.39, 0.29) is 12.6 Å². The summed E-state index contributed by atoms with van der Waals surface area (Å²) < 4.78 is 27.7. The molecule has 0 aliphatic carbocycles. The van der Waals surface area contributed by atoms with Crippen molar-refractivity contribution in [3.05, 3.63) is 101 Å². The van der Waals surface area contributed by atoms with Crippen molar-refractivity contribution in [2.75, 3.05) is 6.79 Å². The van der Waals surface area contributed by atoms with Gasteiger partial charge < -0.3 is 14.0 Å². The van der Waals surface area contributed by atoms with Crippen LogP contribution in [-0.4, -0.2) is 21.2 Å². The van der Waals surface area contributed by atoms with E-state index in [2.05, 4.69) is 52.8 Å². The molecule has 0 saturated heterocycles. The molecule has 1 aromatic heterocycles. The summed E-state index contributed by atoms with van der Waals surface area (Å²) in [5, 5.41) is 0. The van der Waals surface area contributed by atoms with E-state index in [1.807, 2.05) is 31.3 Å². The lowest BCUT2D eigenvalue weighted by Gasteiger charge is -2.24. The Bertz CT molecular complexity index is 1320. The van der Waals surface area contributed by atoms with Crippen LogP contribution in [0.5, 0.6) is 11.5 Å². The maximum Gasteiger partial charge on any atom is 0.231 e. The summed E-state index contributed by atoms with van der Waals surface area (Å²) >= 11 is 0. The average Bonchev–Trinajstić information content (AvgIpc) is 3.51. The molecule has 2 heterocycles. The van der Waals surface area contributed by atoms with Crippen LogP contribution in [0.4, 0.5) is 4.39 Å². The number of unbranched alkanes of at least 4 members (excludes halogenated alkanes) is 1. The van der Waals surface area contributed by atoms with Gasteiger partial charge in [0.1, 0.15) is 11.6 Å². The summed E-state index contributed by atoms with van der Waals surface area (Å²) in [4.78, 5) is 7.20. The van der Waals surface area contributed by atoms with Crippen molar-refractivity contribution >= 4 is 0 Å². The second kappa shape index (κ2) is 11.0. The number of hydrogen-bond donors (Lipinski definition) is 0. The fourth-order valence-electron chi connectivity index (χ4n) is 4.70. The van der Waals surface area contributed by atoms with E-state index in [4.69, 9.17) is 14.5 Å². The molecule has 186 valence electrons. The van der Waals surface area contributed by atoms with Crippen LogP contribution >= 0.6 is 0 Å². The summed E-state index contributed by atoms with van der Waals surface area (Å²) in [5.41, 5.74) is 5.02. The van der Waals surface area contributed by atoms with Crippen molar-refractivity contribution in [3.8, 4) is 22.9 Å². The quantitative estimate of drug-likeness (QED) is 0.250. The van der Waals surface area contributed by atoms with Gasteiger partial charge in [-0.15, -0.1) is 0 Å². The minimum Gasteiger partial charge on any atom is -0.454 e. The molecule has 6 heteroatoms. The number of benzene rings is 3. The molecule has 36 heavy (non-hydrogen) atoms. The van der Waals surface area contributed by atoms with Gasteiger partial charge in [-0.1, -0.05) is 61.9 Å². The molecule has 1 aliphatic heterocycles. The van der Waals surface area contributed by atoms with E-state index in [0.29, 0.717) is 12.1 Å². The highest BCUT2D eigenvalue weighted by molar-refractivity contribution is 5.61. The van der Waals surface area contributed by atoms with Crippen molar-refractivity contribution in [2.45, 2.75) is 52.9 Å². The zero-order chi connectivity index (χ0) is 24.9. The van der Waals surface area contributed by atoms with Crippen LogP contribution in [0, 0.1) is 12.7 Å². The number of aromatic nitrogens is 2. The predicted octanol–water partition coefficient (Wildman–Crippen LogP) is 6.73. The molecule has 1 aliphatic rings. The first kappa shape index (κ1) is 24.1. The van der Waals surface area contributed by atoms with Crippen molar-refractivity contribution < 1.29 is 13.9 Å². The van der Waals surface area contributed by atoms with E-state index >= 15 is 0 Å². The molecule has 5 nitrogen and oxygen atoms in total. The first-order valence-corrected chi connectivity index (χ1v) is 12.6. The molecule has 0 fully saturated rings. The monoisotopic (exact) mass is 485 g/mol. The van der Waals surface area contributed by atoms with Crippen LogP contribution in [0.2, 0.25) is 0 Å². The lowest BCUT2D eigenvalue weighted by molar-refractivity contribution is 0.174. The molecule has 3 aromatic carbocycles. The van der Waals surface area contributed by atoms with Gasteiger partial charge in [0.2, 0.25) is 6.79 Å². The lowest BCUT2D eigenvalue weighted by atomic mass is 10.1. The maximum absolute atomic E-state index is 14.4. The smallest absolute Gasteiger partial charge is 0.231 e. The fourth-order valence-corrected chi connectivity index (χ4v) is 4.70. The van der Waals surface area contributed by atoms with Gasteiger partial charge in [0.05, 0.1) is 11.9 Å². The number of hydrogen-bond acceptors (Lipinski definition) is 4. The molecule has 0 bridgehead atoms. The zero-order valence-electron chi connectivity index (χ0n) is 20.9. The van der Waals surface area contributed by atoms with Gasteiger partial charge in [-0.05, 0) is 48.2 Å². The third kappa shape index (κ3) is 5.29. The molecule has 0 unspecified atom stereocenters. The Hall–Kier alpha value is -3.64. The van der Waals surface area contributed by atoms with Gasteiger partial charge in [-0.25, -0.2) is 9.37 Å². The third-order valence-corrected chi connectivity index (χ3v) is 6.66. The summed E-state index contributed by atoms with van der Waals surface area (Å²) in [6, 6.07) is 21.9. The van der Waals surface area contributed by atoms with Crippen molar-refractivity contribution in [1.29, 1.82) is 0 Å². The summed E-state index contributed by atoms with van der Waals surface area (Å²) in [7, 11) is 0. The Balaban J connectivity index is 1.47. The first-order valence-electron chi connectivity index (χ1n) is 12.6. The second-order valence-corrected chi connectivity index (χ2v) is 9.31. The molecular weight excluding hydrogens is 453 g/mol. The van der Waals surface area contributed by atoms with E-state index in [9.17, 15) is 4.39 Å². The standard InChI is InChI=1S/C30H32FN3O2/c1-3-4-15-34-25(17-32-30(34)26-11-8-12-27(31)22(26)2)20-33(18-23-9-6-5-7-10-23)19-24-13-14-28-29(16-24)36-21-35-28/h5-14,16-17H,3-4,15,18-21H2,1-2H3. The van der Waals surface area contributed by atoms with Crippen LogP contribution in [0.3, 0.4) is 0 Å². The normalized spacial score (nSPS) is 12.4. The van der Waals surface area contributed by atoms with E-state index < -0.39 is 0 Å². The van der Waals surface area contributed by atoms with Crippen molar-refractivity contribution in [1.82, 2.24) is 14.5 Å². The molecule has 0 N–H and O–H groups in total. The fraction of sp³-hybridized carbons (Fsp3) is 0.300. The summed E-state index contributed by atoms with van der Waals surface area (Å²) in [6.07, 6.45) is 4.06. The van der Waals surface area contributed by atoms with E-state index in [1.165, 1.54) is 11.6 Å². The number of imidazole rings is 1. The molecule has 0 amide bonds. The molecule has 0 radical (unpaired) electrons. The Labute approximate surface area is 212 Å². The van der Waals surface area contributed by atoms with Crippen LogP contribution in [0.1, 0.15) is 42.1 Å². The Morgan fingerprint density at radius 3 is 2.56 bits per heavy atom. The number of nitrogens with zero attached hydrogens (tertiary/aromatic N) is 3. The number of ether oxygens (including phenoxy) is 2. The lowest BCUT2D eigenvalue weighted by Crippen LogP contribution is -2.24. The SMILES string of the molecule is CCCCn1c(CN(Cc2ccccc2)Cc2ccc3c(c2)OCO3)cnc1-c1cccc(F)c1C. The van der Waals surface area contributed by atoms with Gasteiger partial charge in [-0.3, -0.25) is 4.90 Å². The highest BCUT2D eigenvalue weighted by Crippen LogP contribution is 2.33. The molecule has 4 aromatic rings. The number of rotatable bonds is 10. The highest BCUT2D eigenvalue weighted by atomic mass is 19.1. The first-order chi connectivity index (χ1) is 17.6. The van der Waals surface area contributed by atoms with Crippen LogP contribution in [0.15, 0.2) is 72.9 Å². The summed E-state index contributed by atoms with van der Waals surface area (Å²) in [6.45, 7) is 7.39. The van der Waals surface area contributed by atoms with E-state index in [0.717, 1.165) is 66.6 Å².